The maximum Gasteiger partial charge on any atom is 0.261 e. The summed E-state index contributed by atoms with van der Waals surface area (Å²) in [7, 11) is 4.59. The van der Waals surface area contributed by atoms with Crippen molar-refractivity contribution in [2.24, 2.45) is 0 Å². The van der Waals surface area contributed by atoms with Crippen LogP contribution in [0.2, 0.25) is 0 Å². The Balaban J connectivity index is 1.41. The molecule has 3 aromatic rings. The van der Waals surface area contributed by atoms with Crippen LogP contribution in [0.5, 0.6) is 17.2 Å². The third kappa shape index (κ3) is 5.27. The summed E-state index contributed by atoms with van der Waals surface area (Å²) in [6.07, 6.45) is 4.43. The molecule has 0 radical (unpaired) electrons. The van der Waals surface area contributed by atoms with Crippen LogP contribution in [0.15, 0.2) is 41.5 Å². The minimum Gasteiger partial charge on any atom is -0.495 e. The van der Waals surface area contributed by atoms with Gasteiger partial charge < -0.3 is 24.4 Å². The standard InChI is InChI=1S/C26H30N4O6/c1-34-21-10-9-17(13-20(21)30-12-5-4-8-25(30)32)28-24(31)7-6-11-29-16-27-19-15-23(36-3)22(35-2)14-18(19)26(29)33/h9-10,13-16H,4-8,11-12H2,1-3H3,(H,28,31). The monoisotopic (exact) mass is 494 g/mol. The van der Waals surface area contributed by atoms with Crippen LogP contribution in [-0.2, 0) is 16.1 Å². The molecule has 1 aromatic heterocycles. The van der Waals surface area contributed by atoms with Gasteiger partial charge in [0, 0.05) is 37.7 Å². The molecule has 10 heteroatoms. The molecule has 10 nitrogen and oxygen atoms in total. The molecule has 1 fully saturated rings. The zero-order valence-corrected chi connectivity index (χ0v) is 20.7. The first-order chi connectivity index (χ1) is 17.4. The number of ether oxygens (including phenoxy) is 3. The third-order valence-electron chi connectivity index (χ3n) is 6.21. The van der Waals surface area contributed by atoms with E-state index >= 15 is 0 Å². The van der Waals surface area contributed by atoms with Crippen molar-refractivity contribution in [2.45, 2.75) is 38.6 Å². The number of benzene rings is 2. The molecule has 1 saturated heterocycles. The van der Waals surface area contributed by atoms with Gasteiger partial charge >= 0.3 is 0 Å². The first-order valence-electron chi connectivity index (χ1n) is 11.8. The van der Waals surface area contributed by atoms with E-state index in [1.165, 1.54) is 25.1 Å². The van der Waals surface area contributed by atoms with Gasteiger partial charge in [0.15, 0.2) is 11.5 Å². The molecule has 1 aliphatic heterocycles. The highest BCUT2D eigenvalue weighted by atomic mass is 16.5. The number of aryl methyl sites for hydroxylation is 1. The maximum atomic E-state index is 12.9. The lowest BCUT2D eigenvalue weighted by Gasteiger charge is -2.28. The molecule has 2 aromatic carbocycles. The van der Waals surface area contributed by atoms with Gasteiger partial charge in [-0.25, -0.2) is 4.98 Å². The second-order valence-corrected chi connectivity index (χ2v) is 8.51. The van der Waals surface area contributed by atoms with E-state index in [4.69, 9.17) is 14.2 Å². The smallest absolute Gasteiger partial charge is 0.261 e. The predicted molar refractivity (Wildman–Crippen MR) is 136 cm³/mol. The van der Waals surface area contributed by atoms with Gasteiger partial charge in [-0.1, -0.05) is 0 Å². The molecule has 1 aliphatic rings. The molecular weight excluding hydrogens is 464 g/mol. The van der Waals surface area contributed by atoms with E-state index < -0.39 is 0 Å². The number of methoxy groups -OCH3 is 3. The van der Waals surface area contributed by atoms with E-state index in [1.807, 2.05) is 0 Å². The summed E-state index contributed by atoms with van der Waals surface area (Å²) in [5.41, 5.74) is 1.53. The van der Waals surface area contributed by atoms with Crippen molar-refractivity contribution in [3.05, 3.63) is 47.0 Å². The normalized spacial score (nSPS) is 13.5. The zero-order chi connectivity index (χ0) is 25.7. The number of rotatable bonds is 9. The van der Waals surface area contributed by atoms with Crippen LogP contribution in [-0.4, -0.2) is 49.2 Å². The van der Waals surface area contributed by atoms with Crippen LogP contribution in [0.25, 0.3) is 10.9 Å². The summed E-state index contributed by atoms with van der Waals surface area (Å²) in [4.78, 5) is 44.0. The van der Waals surface area contributed by atoms with Gasteiger partial charge in [0.2, 0.25) is 11.8 Å². The predicted octanol–water partition coefficient (Wildman–Crippen LogP) is 3.36. The number of amides is 2. The Morgan fingerprint density at radius 2 is 1.75 bits per heavy atom. The van der Waals surface area contributed by atoms with E-state index in [2.05, 4.69) is 10.3 Å². The molecule has 0 bridgehead atoms. The molecular formula is C26H30N4O6. The number of carbonyl (C=O) groups excluding carboxylic acids is 2. The number of carbonyl (C=O) groups is 2. The Kier molecular flexibility index (Phi) is 7.72. The van der Waals surface area contributed by atoms with E-state index in [-0.39, 0.29) is 23.8 Å². The largest absolute Gasteiger partial charge is 0.495 e. The van der Waals surface area contributed by atoms with E-state index in [0.29, 0.717) is 65.5 Å². The number of hydrogen-bond donors (Lipinski definition) is 1. The number of nitrogens with one attached hydrogen (secondary N) is 1. The van der Waals surface area contributed by atoms with Gasteiger partial charge in [0.25, 0.3) is 5.56 Å². The molecule has 0 aliphatic carbocycles. The van der Waals surface area contributed by atoms with Crippen LogP contribution in [0.3, 0.4) is 0 Å². The zero-order valence-electron chi connectivity index (χ0n) is 20.7. The molecule has 2 heterocycles. The number of aromatic nitrogens is 2. The number of piperidine rings is 1. The van der Waals surface area contributed by atoms with Crippen molar-refractivity contribution in [1.29, 1.82) is 0 Å². The average Bonchev–Trinajstić information content (AvgIpc) is 2.89. The summed E-state index contributed by atoms with van der Waals surface area (Å²) in [5.74, 6) is 1.39. The lowest BCUT2D eigenvalue weighted by atomic mass is 10.1. The second-order valence-electron chi connectivity index (χ2n) is 8.51. The Labute approximate surface area is 208 Å². The summed E-state index contributed by atoms with van der Waals surface area (Å²) >= 11 is 0. The average molecular weight is 495 g/mol. The van der Waals surface area contributed by atoms with Crippen LogP contribution in [0.4, 0.5) is 11.4 Å². The summed E-state index contributed by atoms with van der Waals surface area (Å²) in [6, 6.07) is 8.53. The summed E-state index contributed by atoms with van der Waals surface area (Å²) < 4.78 is 17.5. The number of hydrogen-bond acceptors (Lipinski definition) is 7. The van der Waals surface area contributed by atoms with Crippen molar-refractivity contribution >= 4 is 34.1 Å². The van der Waals surface area contributed by atoms with Crippen LogP contribution in [0.1, 0.15) is 32.1 Å². The molecule has 190 valence electrons. The Bertz CT molecular complexity index is 1340. The number of fused-ring (bicyclic) bond motifs is 1. The van der Waals surface area contributed by atoms with Gasteiger partial charge in [-0.05, 0) is 43.5 Å². The maximum absolute atomic E-state index is 12.9. The fourth-order valence-corrected chi connectivity index (χ4v) is 4.32. The van der Waals surface area contributed by atoms with Crippen LogP contribution in [0, 0.1) is 0 Å². The minimum absolute atomic E-state index is 0.0496. The van der Waals surface area contributed by atoms with Crippen molar-refractivity contribution in [3.63, 3.8) is 0 Å². The highest BCUT2D eigenvalue weighted by Gasteiger charge is 2.23. The quantitative estimate of drug-likeness (QED) is 0.485. The Hall–Kier alpha value is -4.08. The minimum atomic E-state index is -0.215. The van der Waals surface area contributed by atoms with E-state index in [1.54, 1.807) is 42.3 Å². The van der Waals surface area contributed by atoms with Crippen LogP contribution >= 0.6 is 0 Å². The van der Waals surface area contributed by atoms with Gasteiger partial charge in [0.1, 0.15) is 5.75 Å². The van der Waals surface area contributed by atoms with Gasteiger partial charge in [-0.2, -0.15) is 0 Å². The lowest BCUT2D eigenvalue weighted by molar-refractivity contribution is -0.119. The van der Waals surface area contributed by atoms with Crippen molar-refractivity contribution in [2.75, 3.05) is 38.1 Å². The highest BCUT2D eigenvalue weighted by Crippen LogP contribution is 2.34. The number of anilines is 2. The lowest BCUT2D eigenvalue weighted by Crippen LogP contribution is -2.35. The van der Waals surface area contributed by atoms with Crippen molar-refractivity contribution < 1.29 is 23.8 Å². The third-order valence-corrected chi connectivity index (χ3v) is 6.21. The SMILES string of the molecule is COc1cc2ncn(CCCC(=O)Nc3ccc(OC)c(N4CCCCC4=O)c3)c(=O)c2cc1OC. The van der Waals surface area contributed by atoms with Crippen molar-refractivity contribution in [3.8, 4) is 17.2 Å². The molecule has 36 heavy (non-hydrogen) atoms. The fourth-order valence-electron chi connectivity index (χ4n) is 4.32. The topological polar surface area (TPSA) is 112 Å². The van der Waals surface area contributed by atoms with E-state index in [9.17, 15) is 14.4 Å². The molecule has 1 N–H and O–H groups in total. The Morgan fingerprint density at radius 1 is 1.00 bits per heavy atom. The van der Waals surface area contributed by atoms with Gasteiger partial charge in [0.05, 0.1) is 44.2 Å². The number of nitrogens with zero attached hydrogens (tertiary/aromatic N) is 3. The molecule has 0 unspecified atom stereocenters. The van der Waals surface area contributed by atoms with Crippen molar-refractivity contribution in [1.82, 2.24) is 9.55 Å². The van der Waals surface area contributed by atoms with Gasteiger partial charge in [-0.15, -0.1) is 0 Å². The Morgan fingerprint density at radius 3 is 2.47 bits per heavy atom. The molecule has 0 spiro atoms. The highest BCUT2D eigenvalue weighted by molar-refractivity contribution is 5.97. The molecule has 4 rings (SSSR count). The first-order valence-corrected chi connectivity index (χ1v) is 11.8. The summed E-state index contributed by atoms with van der Waals surface area (Å²) in [6.45, 7) is 0.958. The first kappa shape index (κ1) is 25.0. The molecule has 2 amide bonds. The fraction of sp³-hybridized carbons (Fsp3) is 0.385. The van der Waals surface area contributed by atoms with Crippen LogP contribution < -0.4 is 30.0 Å². The molecule has 0 atom stereocenters. The second kappa shape index (κ2) is 11.1. The molecule has 0 saturated carbocycles. The van der Waals surface area contributed by atoms with E-state index in [0.717, 1.165) is 12.8 Å². The summed E-state index contributed by atoms with van der Waals surface area (Å²) in [5, 5.41) is 3.29. The van der Waals surface area contributed by atoms with Gasteiger partial charge in [-0.3, -0.25) is 19.0 Å².